The van der Waals surface area contributed by atoms with Crippen LogP contribution in [-0.4, -0.2) is 46.3 Å². The summed E-state index contributed by atoms with van der Waals surface area (Å²) in [6, 6.07) is 0. The van der Waals surface area contributed by atoms with Crippen LogP contribution in [0.4, 0.5) is 0 Å². The first-order chi connectivity index (χ1) is 8.56. The van der Waals surface area contributed by atoms with E-state index in [2.05, 4.69) is 26.0 Å². The van der Waals surface area contributed by atoms with Crippen LogP contribution in [0.5, 0.6) is 0 Å². The average Bonchev–Trinajstić information content (AvgIpc) is 2.69. The molecule has 98 valence electrons. The maximum absolute atomic E-state index is 10.5. The molecule has 0 aromatic carbocycles. The molecule has 2 rings (SSSR count). The number of nitrogens with zero attached hydrogens (tertiary/aromatic N) is 5. The summed E-state index contributed by atoms with van der Waals surface area (Å²) in [5.41, 5.74) is 0. The summed E-state index contributed by atoms with van der Waals surface area (Å²) < 4.78 is 6.08. The van der Waals surface area contributed by atoms with Crippen molar-refractivity contribution in [2.45, 2.75) is 6.54 Å². The van der Waals surface area contributed by atoms with Gasteiger partial charge in [-0.15, -0.1) is 11.3 Å². The average molecular weight is 336 g/mol. The maximum Gasteiger partial charge on any atom is 0.277 e. The summed E-state index contributed by atoms with van der Waals surface area (Å²) in [6.45, 7) is 1.03. The second kappa shape index (κ2) is 5.59. The third-order valence-corrected chi connectivity index (χ3v) is 3.66. The number of guanidine groups is 1. The van der Waals surface area contributed by atoms with Crippen molar-refractivity contribution in [1.82, 2.24) is 14.8 Å². The Morgan fingerprint density at radius 2 is 2.50 bits per heavy atom. The predicted molar refractivity (Wildman–Crippen MR) is 68.4 cm³/mol. The minimum absolute atomic E-state index is 0.270. The molecule has 0 radical (unpaired) electrons. The quantitative estimate of drug-likeness (QED) is 0.608. The largest absolute Gasteiger partial charge is 0.341 e. The van der Waals surface area contributed by atoms with Crippen LogP contribution < -0.4 is 0 Å². The Morgan fingerprint density at radius 3 is 3.11 bits per heavy atom. The number of hydrazone groups is 1. The van der Waals surface area contributed by atoms with E-state index < -0.39 is 5.03 Å². The SMILES string of the molecule is CN1COCN(Cc2cnc(Br)s2)/C1=N\[N+](=O)[O-]. The molecule has 1 saturated heterocycles. The summed E-state index contributed by atoms with van der Waals surface area (Å²) in [4.78, 5) is 18.8. The fourth-order valence-electron chi connectivity index (χ4n) is 1.52. The van der Waals surface area contributed by atoms with E-state index in [4.69, 9.17) is 4.74 Å². The van der Waals surface area contributed by atoms with Crippen LogP contribution in [0.3, 0.4) is 0 Å². The van der Waals surface area contributed by atoms with E-state index >= 15 is 0 Å². The second-order valence-corrected chi connectivity index (χ2v) is 5.97. The molecular formula is C8H10BrN5O3S. The number of thiazole rings is 1. The number of ether oxygens (including phenoxy) is 1. The summed E-state index contributed by atoms with van der Waals surface area (Å²) in [7, 11) is 1.69. The van der Waals surface area contributed by atoms with Gasteiger partial charge in [-0.25, -0.2) is 15.1 Å². The Labute approximate surface area is 115 Å². The highest BCUT2D eigenvalue weighted by Crippen LogP contribution is 2.21. The van der Waals surface area contributed by atoms with Gasteiger partial charge >= 0.3 is 0 Å². The van der Waals surface area contributed by atoms with Crippen molar-refractivity contribution in [3.05, 3.63) is 25.1 Å². The van der Waals surface area contributed by atoms with Crippen LogP contribution in [-0.2, 0) is 11.3 Å². The molecule has 0 unspecified atom stereocenters. The van der Waals surface area contributed by atoms with Gasteiger partial charge in [-0.05, 0) is 15.9 Å². The Morgan fingerprint density at radius 1 is 1.72 bits per heavy atom. The lowest BCUT2D eigenvalue weighted by atomic mass is 10.5. The van der Waals surface area contributed by atoms with Gasteiger partial charge in [0.15, 0.2) is 8.95 Å². The molecule has 1 aromatic heterocycles. The van der Waals surface area contributed by atoms with Crippen LogP contribution in [0.25, 0.3) is 0 Å². The number of hydrogen-bond donors (Lipinski definition) is 0. The molecule has 0 amide bonds. The Hall–Kier alpha value is -1.26. The smallest absolute Gasteiger partial charge is 0.277 e. The molecule has 0 spiro atoms. The molecule has 0 aliphatic carbocycles. The lowest BCUT2D eigenvalue weighted by Crippen LogP contribution is -2.49. The van der Waals surface area contributed by atoms with Crippen LogP contribution in [0.15, 0.2) is 15.2 Å². The highest BCUT2D eigenvalue weighted by molar-refractivity contribution is 9.11. The molecule has 8 nitrogen and oxygen atoms in total. The number of halogens is 1. The Bertz CT molecular complexity index is 479. The van der Waals surface area contributed by atoms with Crippen molar-refractivity contribution in [1.29, 1.82) is 0 Å². The van der Waals surface area contributed by atoms with E-state index in [1.54, 1.807) is 23.0 Å². The number of aromatic nitrogens is 1. The molecular weight excluding hydrogens is 326 g/mol. The maximum atomic E-state index is 10.5. The van der Waals surface area contributed by atoms with Crippen LogP contribution >= 0.6 is 27.3 Å². The molecule has 18 heavy (non-hydrogen) atoms. The third kappa shape index (κ3) is 3.15. The number of rotatable bonds is 3. The van der Waals surface area contributed by atoms with E-state index in [0.717, 1.165) is 8.79 Å². The molecule has 0 N–H and O–H groups in total. The lowest BCUT2D eigenvalue weighted by molar-refractivity contribution is -0.486. The summed E-state index contributed by atoms with van der Waals surface area (Å²) >= 11 is 4.74. The van der Waals surface area contributed by atoms with E-state index in [9.17, 15) is 10.1 Å². The standard InChI is InChI=1S/C8H10BrN5O3S/c1-12-4-17-5-13(8(12)11-14(15)16)3-6-2-10-7(9)18-6/h2H,3-5H2,1H3/b11-8-. The van der Waals surface area contributed by atoms with Gasteiger partial charge in [0, 0.05) is 18.1 Å². The van der Waals surface area contributed by atoms with Crippen molar-refractivity contribution >= 4 is 33.2 Å². The summed E-state index contributed by atoms with van der Waals surface area (Å²) in [5, 5.41) is 13.2. The Balaban J connectivity index is 2.15. The lowest BCUT2D eigenvalue weighted by Gasteiger charge is -2.34. The van der Waals surface area contributed by atoms with Gasteiger partial charge in [-0.2, -0.15) is 0 Å². The van der Waals surface area contributed by atoms with Crippen molar-refractivity contribution in [2.75, 3.05) is 20.5 Å². The number of hydrogen-bond acceptors (Lipinski definition) is 5. The van der Waals surface area contributed by atoms with Crippen molar-refractivity contribution in [3.63, 3.8) is 0 Å². The molecule has 0 saturated carbocycles. The first-order valence-electron chi connectivity index (χ1n) is 4.93. The van der Waals surface area contributed by atoms with E-state index in [0.29, 0.717) is 6.54 Å². The molecule has 1 aliphatic rings. The molecule has 1 aliphatic heterocycles. The van der Waals surface area contributed by atoms with E-state index in [1.807, 2.05) is 0 Å². The third-order valence-electron chi connectivity index (χ3n) is 2.20. The Kier molecular flexibility index (Phi) is 4.09. The van der Waals surface area contributed by atoms with E-state index in [1.165, 1.54) is 11.3 Å². The van der Waals surface area contributed by atoms with Gasteiger partial charge < -0.3 is 14.5 Å². The monoisotopic (exact) mass is 335 g/mol. The predicted octanol–water partition coefficient (Wildman–Crippen LogP) is 1.13. The van der Waals surface area contributed by atoms with Gasteiger partial charge in [-0.1, -0.05) is 0 Å². The number of nitro groups is 1. The van der Waals surface area contributed by atoms with E-state index in [-0.39, 0.29) is 19.4 Å². The van der Waals surface area contributed by atoms with Crippen LogP contribution in [0.2, 0.25) is 0 Å². The highest BCUT2D eigenvalue weighted by atomic mass is 79.9. The molecule has 10 heteroatoms. The summed E-state index contributed by atoms with van der Waals surface area (Å²) in [5.74, 6) is 0.288. The zero-order valence-corrected chi connectivity index (χ0v) is 11.8. The first kappa shape index (κ1) is 13.2. The first-order valence-corrected chi connectivity index (χ1v) is 6.54. The second-order valence-electron chi connectivity index (χ2n) is 3.58. The topological polar surface area (TPSA) is 84.1 Å². The van der Waals surface area contributed by atoms with Crippen LogP contribution in [0, 0.1) is 10.1 Å². The molecule has 0 atom stereocenters. The van der Waals surface area contributed by atoms with Gasteiger partial charge in [0.2, 0.25) is 0 Å². The molecule has 1 aromatic rings. The highest BCUT2D eigenvalue weighted by Gasteiger charge is 2.25. The van der Waals surface area contributed by atoms with Crippen molar-refractivity contribution < 1.29 is 9.77 Å². The normalized spacial score (nSPS) is 18.4. The van der Waals surface area contributed by atoms with Crippen molar-refractivity contribution in [2.24, 2.45) is 5.10 Å². The molecule has 0 bridgehead atoms. The zero-order valence-electron chi connectivity index (χ0n) is 9.45. The van der Waals surface area contributed by atoms with Crippen LogP contribution in [0.1, 0.15) is 4.88 Å². The minimum Gasteiger partial charge on any atom is -0.341 e. The minimum atomic E-state index is -0.702. The molecule has 2 heterocycles. The summed E-state index contributed by atoms with van der Waals surface area (Å²) in [6.07, 6.45) is 1.72. The fraction of sp³-hybridized carbons (Fsp3) is 0.500. The zero-order chi connectivity index (χ0) is 13.1. The molecule has 1 fully saturated rings. The fourth-order valence-corrected chi connectivity index (χ4v) is 2.89. The van der Waals surface area contributed by atoms with Crippen molar-refractivity contribution in [3.8, 4) is 0 Å². The van der Waals surface area contributed by atoms with Gasteiger partial charge in [0.05, 0.1) is 6.54 Å². The van der Waals surface area contributed by atoms with Gasteiger partial charge in [0.25, 0.3) is 5.96 Å². The van der Waals surface area contributed by atoms with Gasteiger partial charge in [-0.3, -0.25) is 0 Å². The van der Waals surface area contributed by atoms with Gasteiger partial charge in [0.1, 0.15) is 18.6 Å².